The quantitative estimate of drug-likeness (QED) is 0.00677. The van der Waals surface area contributed by atoms with Crippen molar-refractivity contribution in [2.45, 2.75) is 97.0 Å². The van der Waals surface area contributed by atoms with Gasteiger partial charge in [-0.05, 0) is 228 Å². The minimum Gasteiger partial charge on any atom is -1.00 e. The van der Waals surface area contributed by atoms with Crippen molar-refractivity contribution < 1.29 is 96.1 Å². The number of ether oxygens (including phenoxy) is 5. The second-order valence-electron chi connectivity index (χ2n) is 33.3. The number of aliphatic hydroxyl groups is 2. The van der Waals surface area contributed by atoms with E-state index < -0.39 is 15.3 Å². The van der Waals surface area contributed by atoms with Crippen LogP contribution in [0, 0.1) is 51.7 Å². The number of halogens is 4. The van der Waals surface area contributed by atoms with Crippen molar-refractivity contribution in [3.63, 3.8) is 0 Å². The fraction of sp³-hybridized carbons (Fsp3) is 0.259. The van der Waals surface area contributed by atoms with Crippen molar-refractivity contribution in [1.82, 2.24) is 34.7 Å². The van der Waals surface area contributed by atoms with Crippen molar-refractivity contribution in [1.29, 1.82) is 0 Å². The van der Waals surface area contributed by atoms with Gasteiger partial charge in [-0.3, -0.25) is 14.4 Å². The molecule has 0 saturated heterocycles. The Kier molecular flexibility index (Phi) is 44.2. The summed E-state index contributed by atoms with van der Waals surface area (Å²) < 4.78 is 44.5. The molecule has 3 aromatic heterocycles. The van der Waals surface area contributed by atoms with E-state index >= 15 is 0 Å². The number of nitrogens with two attached hydrogens (primary N) is 3. The molecule has 24 nitrogen and oxygen atoms in total. The molecule has 12 aromatic carbocycles. The molecule has 140 heavy (non-hydrogen) atoms. The van der Waals surface area contributed by atoms with Crippen LogP contribution < -0.4 is 71.6 Å². The number of anilines is 1. The molecule has 32 heteroatoms. The average Bonchev–Trinajstić information content (AvgIpc) is 1.74. The van der Waals surface area contributed by atoms with Crippen molar-refractivity contribution in [2.24, 2.45) is 35.0 Å². The van der Waals surface area contributed by atoms with E-state index in [9.17, 15) is 19.5 Å². The number of hydrogen-bond acceptors (Lipinski definition) is 18. The summed E-state index contributed by atoms with van der Waals surface area (Å²) in [5.74, 6) is 3.64. The van der Waals surface area contributed by atoms with Crippen molar-refractivity contribution >= 4 is 126 Å². The maximum atomic E-state index is 13.7. The Hall–Kier alpha value is -11.2. The standard InChI is InChI=1S/C35H31N3O3.C35H35N3O3.C30H24N4O3.C4H13N3.C4H8O.B.Cl2OS.2ClH.Na.Ni.H/c1-23-18-31(38(37-23)29-12-7-11-28(21-29)36-2)32(39)20-25-8-6-10-27(19-25)35(41-22-24-14-15-24)34-30-13-5-4-9-26(30)16-17-33(34)40-3;1-23-17-31(38(37-23)29-11-6-8-26(19-29)21-36)32(39)20-25-7-5-10-28(18-25)35(41-22-24-13-14-24)34-30-12-4-3-9-27(30)15-16-33(34)40-2;1-19-16-26(34(33-19)24-12-7-10-22(18-24)31-2)30(36)32-23-11-6-9-21(17-23)29(35)28-25-13-5-4-8-20(25)14-15-27(28)37-3;5-1-3-7-4-2-6;5-3-4-1-2-4;;1-4(2)3;;;;;/h4-13,16-19,21,24,35H,14-15,20,22H2,1,3H3;3-12,15-19,24,35H,13-14,20-22,36H2,1-2H3;4-18,29,35H,1,3H3,(H,32,36);7H,1-6H2;4-5H,1-3H2;;;2*1H;;;/q;;;;;;;;;+1;+2;-1/p-2. The Balaban J connectivity index is 0.000000213. The summed E-state index contributed by atoms with van der Waals surface area (Å²) in [6.07, 6.45) is 6.15. The van der Waals surface area contributed by atoms with E-state index in [2.05, 4.69) is 118 Å². The number of aliphatic hydroxyl groups excluding tert-OH is 2. The van der Waals surface area contributed by atoms with Crippen molar-refractivity contribution in [3.05, 3.63) is 380 Å². The number of aromatic nitrogens is 6. The van der Waals surface area contributed by atoms with Gasteiger partial charge in [0.05, 0.1) is 81.8 Å². The third kappa shape index (κ3) is 31.1. The first kappa shape index (κ1) is 111. The molecule has 3 aliphatic rings. The minimum absolute atomic E-state index is 0. The molecule has 3 atom stereocenters. The normalized spacial score (nSPS) is 12.8. The van der Waals surface area contributed by atoms with E-state index in [4.69, 9.17) is 83.7 Å². The molecule has 3 saturated carbocycles. The van der Waals surface area contributed by atoms with Gasteiger partial charge < -0.3 is 63.2 Å². The topological polar surface area (TPSA) is 319 Å². The van der Waals surface area contributed by atoms with Gasteiger partial charge in [0, 0.05) is 104 Å². The van der Waals surface area contributed by atoms with Crippen LogP contribution in [-0.4, -0.2) is 137 Å². The average molecular weight is 2030 g/mol. The number of amides is 1. The number of nitrogens with zero attached hydrogens (tertiary/aromatic N) is 8. The predicted molar refractivity (Wildman–Crippen MR) is 554 cm³/mol. The number of ketones is 2. The van der Waals surface area contributed by atoms with Gasteiger partial charge in [0.15, 0.2) is 22.9 Å². The Morgan fingerprint density at radius 2 is 0.850 bits per heavy atom. The molecule has 0 bridgehead atoms. The maximum absolute atomic E-state index is 13.7. The zero-order valence-electron chi connectivity index (χ0n) is 80.0. The van der Waals surface area contributed by atoms with Gasteiger partial charge in [0.25, 0.3) is 5.91 Å². The van der Waals surface area contributed by atoms with E-state index in [0.717, 1.165) is 113 Å². The number of hydrogen-bond donors (Lipinski definition) is 7. The number of benzene rings is 12. The number of carbonyl (C=O) groups excluding carboxylic acids is 3. The maximum Gasteiger partial charge on any atom is 1.00 e. The zero-order valence-corrected chi connectivity index (χ0v) is 85.8. The van der Waals surface area contributed by atoms with Gasteiger partial charge in [0.2, 0.25) is 9.23 Å². The molecule has 18 rings (SSSR count). The van der Waals surface area contributed by atoms with E-state index in [-0.39, 0.29) is 81.9 Å². The first-order valence-corrected chi connectivity index (χ1v) is 50.5. The molecule has 3 unspecified atom stereocenters. The fourth-order valence-corrected chi connectivity index (χ4v) is 15.8. The Morgan fingerprint density at radius 3 is 1.24 bits per heavy atom. The number of rotatable bonds is 32. The minimum atomic E-state index is -1.67. The van der Waals surface area contributed by atoms with E-state index in [1.54, 1.807) is 110 Å². The molecule has 1 amide bonds. The molecule has 0 aliphatic heterocycles. The van der Waals surface area contributed by atoms with Crippen LogP contribution in [0.3, 0.4) is 0 Å². The van der Waals surface area contributed by atoms with Gasteiger partial charge >= 0.3 is 62.6 Å². The molecular formula is C108H112BCl4N13NaNiO11S. The van der Waals surface area contributed by atoms with Crippen LogP contribution in [0.25, 0.3) is 59.1 Å². The second kappa shape index (κ2) is 55.8. The van der Waals surface area contributed by atoms with Crippen LogP contribution in [0.4, 0.5) is 17.1 Å². The molecule has 0 spiro atoms. The van der Waals surface area contributed by atoms with Gasteiger partial charge in [-0.15, -0.1) is 0 Å². The second-order valence-corrected chi connectivity index (χ2v) is 37.4. The number of methoxy groups -OCH3 is 3. The largest absolute Gasteiger partial charge is 1.00 e. The van der Waals surface area contributed by atoms with Gasteiger partial charge in [-0.1, -0.05) is 188 Å². The molecular weight excluding hydrogens is 1920 g/mol. The van der Waals surface area contributed by atoms with Crippen LogP contribution in [-0.2, 0) is 50.7 Å². The summed E-state index contributed by atoms with van der Waals surface area (Å²) in [6.45, 7) is 25.5. The van der Waals surface area contributed by atoms with Crippen molar-refractivity contribution in [2.75, 3.05) is 72.6 Å². The van der Waals surface area contributed by atoms with Crippen LogP contribution in [0.1, 0.15) is 157 Å². The summed E-state index contributed by atoms with van der Waals surface area (Å²) in [6, 6.07) is 87.1. The number of nitrogens with one attached hydrogen (secondary N) is 2. The van der Waals surface area contributed by atoms with Gasteiger partial charge in [-0.2, -0.15) is 15.3 Å². The van der Waals surface area contributed by atoms with Crippen LogP contribution in [0.15, 0.2) is 273 Å². The van der Waals surface area contributed by atoms with Gasteiger partial charge in [-0.25, -0.2) is 27.9 Å². The van der Waals surface area contributed by atoms with Crippen LogP contribution >= 0.6 is 41.8 Å². The zero-order chi connectivity index (χ0) is 98.2. The van der Waals surface area contributed by atoms with Gasteiger partial charge in [0.1, 0.15) is 52.6 Å². The molecule has 10 N–H and O–H groups in total. The van der Waals surface area contributed by atoms with E-state index in [0.29, 0.717) is 138 Å². The Morgan fingerprint density at radius 1 is 0.486 bits per heavy atom. The van der Waals surface area contributed by atoms with E-state index in [1.807, 2.05) is 153 Å². The molecule has 3 heterocycles. The van der Waals surface area contributed by atoms with E-state index in [1.165, 1.54) is 43.2 Å². The number of aryl methyl sites for hydroxylation is 3. The summed E-state index contributed by atoms with van der Waals surface area (Å²) in [5.41, 5.74) is 31.5. The SMILES string of the molecule is COc1ccc2ccccc2c1C(OCC1CC1)c1cccc(CC(=O)c2cc(C)nn2-c2cccc(CN)c2)c1.NCCNCCN.O=S(Cl)Cl.OCC1CC1.[B].[C-]#[N+]c1cccc(-n2nc(C)cc2C(=O)Cc2cccc(C(OCC3CC3)c3c(OC)ccc4ccccc34)c2)c1.[C-]#[N+]c1cccc(-n2nc(C)cc2C(=O)Nc2cccc(C(O)c3c(OC)ccc4ccccc34)c2)c1.[Cl][Ni][Cl].[H-].[Na+]. The number of fused-ring (bicyclic) bond motifs is 3. The summed E-state index contributed by atoms with van der Waals surface area (Å²) in [4.78, 5) is 47.6. The Labute approximate surface area is 868 Å². The molecule has 3 aliphatic carbocycles. The van der Waals surface area contributed by atoms with Crippen LogP contribution in [0.2, 0.25) is 0 Å². The first-order valence-electron chi connectivity index (χ1n) is 45.0. The summed E-state index contributed by atoms with van der Waals surface area (Å²) in [5, 5.41) is 45.5. The molecule has 723 valence electrons. The monoisotopic (exact) mass is 2030 g/mol. The predicted octanol–water partition coefficient (Wildman–Crippen LogP) is 18.8. The van der Waals surface area contributed by atoms with Crippen molar-refractivity contribution in [3.8, 4) is 34.3 Å². The smallest absolute Gasteiger partial charge is 1.00 e. The molecule has 3 fully saturated rings. The summed E-state index contributed by atoms with van der Waals surface area (Å²) in [7, 11) is 21.7. The molecule has 15 aromatic rings. The van der Waals surface area contributed by atoms with Crippen LogP contribution in [0.5, 0.6) is 17.2 Å². The third-order valence-corrected chi connectivity index (χ3v) is 23.0. The number of carbonyl (C=O) groups is 3. The summed E-state index contributed by atoms with van der Waals surface area (Å²) >= 11 is 0.569. The number of Topliss-reactive ketones (excluding diaryl/α,β-unsaturated/α-hetero) is 2. The third-order valence-electron chi connectivity index (χ3n) is 23.0. The molecule has 3 radical (unpaired) electrons. The first-order chi connectivity index (χ1) is 67.0. The fourth-order valence-electron chi connectivity index (χ4n) is 15.8. The Bertz CT molecular complexity index is 6790.